The van der Waals surface area contributed by atoms with Crippen LogP contribution >= 0.6 is 23.5 Å². The van der Waals surface area contributed by atoms with Crippen molar-refractivity contribution in [1.29, 1.82) is 0 Å². The molecule has 0 radical (unpaired) electrons. The van der Waals surface area contributed by atoms with Crippen LogP contribution in [0.4, 0.5) is 0 Å². The first-order valence-corrected chi connectivity index (χ1v) is 7.28. The van der Waals surface area contributed by atoms with Crippen LogP contribution in [0, 0.1) is 0 Å². The van der Waals surface area contributed by atoms with Crippen molar-refractivity contribution < 1.29 is 9.90 Å². The number of thioether (sulfide) groups is 2. The average molecular weight is 257 g/mol. The van der Waals surface area contributed by atoms with Gasteiger partial charge in [0.25, 0.3) is 0 Å². The molecule has 0 fully saturated rings. The monoisotopic (exact) mass is 257 g/mol. The lowest BCUT2D eigenvalue weighted by Crippen LogP contribution is -2.00. The van der Waals surface area contributed by atoms with E-state index in [4.69, 9.17) is 5.11 Å². The lowest BCUT2D eigenvalue weighted by atomic mass is 10.3. The third-order valence-corrected chi connectivity index (χ3v) is 3.95. The van der Waals surface area contributed by atoms with E-state index < -0.39 is 5.97 Å². The molecule has 16 heavy (non-hydrogen) atoms. The lowest BCUT2D eigenvalue weighted by molar-refractivity contribution is 0.0692. The number of carboxylic acid groups (broad SMARTS) is 1. The Bertz CT molecular complexity index is 345. The first kappa shape index (κ1) is 13.4. The van der Waals surface area contributed by atoms with Crippen molar-refractivity contribution in [1.82, 2.24) is 4.98 Å². The van der Waals surface area contributed by atoms with Gasteiger partial charge in [0.15, 0.2) is 0 Å². The van der Waals surface area contributed by atoms with Crippen LogP contribution in [-0.4, -0.2) is 33.3 Å². The first-order valence-electron chi connectivity index (χ1n) is 5.14. The Labute approximate surface area is 104 Å². The number of carboxylic acids is 1. The maximum Gasteiger partial charge on any atom is 0.338 e. The van der Waals surface area contributed by atoms with Gasteiger partial charge in [-0.15, -0.1) is 11.8 Å². The van der Waals surface area contributed by atoms with Gasteiger partial charge < -0.3 is 5.11 Å². The number of rotatable bonds is 7. The topological polar surface area (TPSA) is 50.2 Å². The molecule has 0 unspecified atom stereocenters. The molecule has 0 saturated carbocycles. The van der Waals surface area contributed by atoms with Crippen LogP contribution in [0.2, 0.25) is 0 Å². The molecule has 0 aliphatic heterocycles. The van der Waals surface area contributed by atoms with Gasteiger partial charge in [0.05, 0.1) is 5.56 Å². The summed E-state index contributed by atoms with van der Waals surface area (Å²) < 4.78 is 0. The fourth-order valence-electron chi connectivity index (χ4n) is 1.14. The van der Waals surface area contributed by atoms with Crippen LogP contribution in [0.5, 0.6) is 0 Å². The third-order valence-electron chi connectivity index (χ3n) is 1.88. The number of aromatic nitrogens is 1. The van der Waals surface area contributed by atoms with Crippen molar-refractivity contribution in [3.8, 4) is 0 Å². The molecule has 0 aliphatic rings. The van der Waals surface area contributed by atoms with E-state index in [9.17, 15) is 4.79 Å². The summed E-state index contributed by atoms with van der Waals surface area (Å²) >= 11 is 3.42. The number of hydrogen-bond acceptors (Lipinski definition) is 4. The van der Waals surface area contributed by atoms with Crippen molar-refractivity contribution in [2.45, 2.75) is 18.4 Å². The summed E-state index contributed by atoms with van der Waals surface area (Å²) in [6.45, 7) is 2.14. The van der Waals surface area contributed by atoms with E-state index in [1.54, 1.807) is 18.3 Å². The van der Waals surface area contributed by atoms with E-state index in [0.29, 0.717) is 10.6 Å². The van der Waals surface area contributed by atoms with Crippen molar-refractivity contribution in [2.75, 3.05) is 17.3 Å². The van der Waals surface area contributed by atoms with Crippen molar-refractivity contribution in [3.63, 3.8) is 0 Å². The molecule has 0 aliphatic carbocycles. The van der Waals surface area contributed by atoms with E-state index in [1.807, 2.05) is 11.8 Å². The van der Waals surface area contributed by atoms with Gasteiger partial charge in [0, 0.05) is 11.9 Å². The second-order valence-corrected chi connectivity index (χ2v) is 5.54. The minimum Gasteiger partial charge on any atom is -0.478 e. The van der Waals surface area contributed by atoms with Gasteiger partial charge >= 0.3 is 5.97 Å². The zero-order valence-corrected chi connectivity index (χ0v) is 10.8. The Morgan fingerprint density at radius 2 is 2.31 bits per heavy atom. The summed E-state index contributed by atoms with van der Waals surface area (Å²) in [6.07, 6.45) is 2.72. The summed E-state index contributed by atoms with van der Waals surface area (Å²) in [4.78, 5) is 15.0. The molecule has 3 nitrogen and oxygen atoms in total. The van der Waals surface area contributed by atoms with Gasteiger partial charge in [-0.25, -0.2) is 9.78 Å². The molecule has 0 amide bonds. The number of nitrogens with zero attached hydrogens (tertiary/aromatic N) is 1. The van der Waals surface area contributed by atoms with E-state index in [-0.39, 0.29) is 0 Å². The van der Waals surface area contributed by atoms with E-state index >= 15 is 0 Å². The highest BCUT2D eigenvalue weighted by Gasteiger charge is 2.10. The standard InChI is InChI=1S/C11H15NO2S2/c1-2-15-7-4-8-16-10-9(11(13)14)5-3-6-12-10/h3,5-6H,2,4,7-8H2,1H3,(H,13,14). The maximum atomic E-state index is 10.9. The minimum absolute atomic E-state index is 0.302. The molecule has 1 aromatic rings. The van der Waals surface area contributed by atoms with Crippen LogP contribution in [-0.2, 0) is 0 Å². The number of hydrogen-bond donors (Lipinski definition) is 1. The van der Waals surface area contributed by atoms with Crippen LogP contribution in [0.3, 0.4) is 0 Å². The molecular weight excluding hydrogens is 242 g/mol. The van der Waals surface area contributed by atoms with E-state index in [0.717, 1.165) is 23.7 Å². The number of aromatic carboxylic acids is 1. The van der Waals surface area contributed by atoms with Crippen LogP contribution in [0.1, 0.15) is 23.7 Å². The molecular formula is C11H15NO2S2. The minimum atomic E-state index is -0.904. The largest absolute Gasteiger partial charge is 0.478 e. The SMILES string of the molecule is CCSCCCSc1ncccc1C(=O)O. The molecule has 0 spiro atoms. The molecule has 1 rings (SSSR count). The summed E-state index contributed by atoms with van der Waals surface area (Å²) in [5.74, 6) is 2.27. The van der Waals surface area contributed by atoms with Gasteiger partial charge in [-0.05, 0) is 30.1 Å². The third kappa shape index (κ3) is 4.45. The zero-order chi connectivity index (χ0) is 11.8. The summed E-state index contributed by atoms with van der Waals surface area (Å²) in [5, 5.41) is 9.57. The molecule has 0 aromatic carbocycles. The molecule has 5 heteroatoms. The molecule has 1 N–H and O–H groups in total. The summed E-state index contributed by atoms with van der Waals surface area (Å²) in [6, 6.07) is 3.25. The second-order valence-electron chi connectivity index (χ2n) is 3.06. The van der Waals surface area contributed by atoms with Crippen molar-refractivity contribution in [2.24, 2.45) is 0 Å². The van der Waals surface area contributed by atoms with Gasteiger partial charge in [0.1, 0.15) is 5.03 Å². The van der Waals surface area contributed by atoms with E-state index in [1.165, 1.54) is 11.8 Å². The Balaban J connectivity index is 2.44. The van der Waals surface area contributed by atoms with Crippen LogP contribution < -0.4 is 0 Å². The Kier molecular flexibility index (Phi) is 6.33. The van der Waals surface area contributed by atoms with Crippen molar-refractivity contribution in [3.05, 3.63) is 23.9 Å². The highest BCUT2D eigenvalue weighted by atomic mass is 32.2. The maximum absolute atomic E-state index is 10.9. The Hall–Kier alpha value is -0.680. The number of pyridine rings is 1. The Morgan fingerprint density at radius 3 is 3.00 bits per heavy atom. The van der Waals surface area contributed by atoms with Crippen LogP contribution in [0.15, 0.2) is 23.4 Å². The van der Waals surface area contributed by atoms with Gasteiger partial charge in [-0.2, -0.15) is 11.8 Å². The van der Waals surface area contributed by atoms with E-state index in [2.05, 4.69) is 11.9 Å². The highest BCUT2D eigenvalue weighted by molar-refractivity contribution is 8.00. The number of carbonyl (C=O) groups is 1. The summed E-state index contributed by atoms with van der Waals surface area (Å²) in [5.41, 5.74) is 0.302. The predicted molar refractivity (Wildman–Crippen MR) is 69.5 cm³/mol. The predicted octanol–water partition coefficient (Wildman–Crippen LogP) is 3.02. The van der Waals surface area contributed by atoms with Crippen molar-refractivity contribution >= 4 is 29.5 Å². The smallest absolute Gasteiger partial charge is 0.338 e. The summed E-state index contributed by atoms with van der Waals surface area (Å²) in [7, 11) is 0. The fourth-order valence-corrected chi connectivity index (χ4v) is 2.89. The lowest BCUT2D eigenvalue weighted by Gasteiger charge is -2.03. The molecule has 1 aromatic heterocycles. The average Bonchev–Trinajstić information content (AvgIpc) is 2.29. The molecule has 1 heterocycles. The first-order chi connectivity index (χ1) is 7.75. The van der Waals surface area contributed by atoms with Gasteiger partial charge in [-0.1, -0.05) is 6.92 Å². The second kappa shape index (κ2) is 7.57. The zero-order valence-electron chi connectivity index (χ0n) is 9.18. The van der Waals surface area contributed by atoms with Crippen LogP contribution in [0.25, 0.3) is 0 Å². The quantitative estimate of drug-likeness (QED) is 0.601. The van der Waals surface area contributed by atoms with Gasteiger partial charge in [-0.3, -0.25) is 0 Å². The molecule has 0 bridgehead atoms. The normalized spacial score (nSPS) is 10.3. The molecule has 0 saturated heterocycles. The van der Waals surface area contributed by atoms with Gasteiger partial charge in [0.2, 0.25) is 0 Å². The molecule has 0 atom stereocenters. The highest BCUT2D eigenvalue weighted by Crippen LogP contribution is 2.21. The molecule has 88 valence electrons. The Morgan fingerprint density at radius 1 is 1.50 bits per heavy atom. The fraction of sp³-hybridized carbons (Fsp3) is 0.455.